The van der Waals surface area contributed by atoms with Crippen LogP contribution < -0.4 is 14.8 Å². The van der Waals surface area contributed by atoms with Crippen molar-refractivity contribution < 1.29 is 14.3 Å². The first-order valence-corrected chi connectivity index (χ1v) is 8.49. The van der Waals surface area contributed by atoms with Crippen molar-refractivity contribution in [3.05, 3.63) is 45.1 Å². The van der Waals surface area contributed by atoms with Crippen LogP contribution in [0.25, 0.3) is 0 Å². The SMILES string of the molecule is CCCc1cc(C(=O)NCc2ccc(OC)c(OC)c2)sc1C. The maximum atomic E-state index is 12.3. The molecule has 124 valence electrons. The fourth-order valence-electron chi connectivity index (χ4n) is 2.41. The van der Waals surface area contributed by atoms with E-state index >= 15 is 0 Å². The average molecular weight is 333 g/mol. The van der Waals surface area contributed by atoms with E-state index in [1.807, 2.05) is 24.3 Å². The lowest BCUT2D eigenvalue weighted by molar-refractivity contribution is 0.0955. The van der Waals surface area contributed by atoms with Crippen LogP contribution in [0.1, 0.15) is 39.0 Å². The largest absolute Gasteiger partial charge is 0.493 e. The number of rotatable bonds is 7. The number of thiophene rings is 1. The normalized spacial score (nSPS) is 10.4. The number of amides is 1. The highest BCUT2D eigenvalue weighted by molar-refractivity contribution is 7.14. The molecule has 2 rings (SSSR count). The summed E-state index contributed by atoms with van der Waals surface area (Å²) < 4.78 is 10.5. The summed E-state index contributed by atoms with van der Waals surface area (Å²) in [5, 5.41) is 2.96. The maximum Gasteiger partial charge on any atom is 0.261 e. The number of aryl methyl sites for hydroxylation is 2. The summed E-state index contributed by atoms with van der Waals surface area (Å²) in [6.07, 6.45) is 2.11. The smallest absolute Gasteiger partial charge is 0.261 e. The lowest BCUT2D eigenvalue weighted by Crippen LogP contribution is -2.21. The molecular formula is C18H23NO3S. The number of methoxy groups -OCH3 is 2. The Hall–Kier alpha value is -2.01. The molecule has 1 amide bonds. The Labute approximate surface area is 141 Å². The Balaban J connectivity index is 2.03. The summed E-state index contributed by atoms with van der Waals surface area (Å²) in [6, 6.07) is 7.65. The number of hydrogen-bond acceptors (Lipinski definition) is 4. The predicted molar refractivity (Wildman–Crippen MR) is 93.8 cm³/mol. The Morgan fingerprint density at radius 1 is 1.17 bits per heavy atom. The molecule has 0 aliphatic carbocycles. The molecule has 2 aromatic rings. The first-order chi connectivity index (χ1) is 11.1. The first-order valence-electron chi connectivity index (χ1n) is 7.67. The summed E-state index contributed by atoms with van der Waals surface area (Å²) in [5.74, 6) is 1.31. The van der Waals surface area contributed by atoms with Crippen molar-refractivity contribution in [1.29, 1.82) is 0 Å². The van der Waals surface area contributed by atoms with Gasteiger partial charge in [-0.3, -0.25) is 4.79 Å². The van der Waals surface area contributed by atoms with Gasteiger partial charge in [-0.25, -0.2) is 0 Å². The molecule has 0 saturated heterocycles. The van der Waals surface area contributed by atoms with E-state index in [0.717, 1.165) is 23.3 Å². The average Bonchev–Trinajstić information content (AvgIpc) is 2.93. The van der Waals surface area contributed by atoms with Crippen molar-refractivity contribution in [2.75, 3.05) is 14.2 Å². The van der Waals surface area contributed by atoms with Crippen LogP contribution in [0.4, 0.5) is 0 Å². The van der Waals surface area contributed by atoms with Crippen molar-refractivity contribution in [3.8, 4) is 11.5 Å². The lowest BCUT2D eigenvalue weighted by Gasteiger charge is -2.10. The van der Waals surface area contributed by atoms with Crippen molar-refractivity contribution in [1.82, 2.24) is 5.32 Å². The standard InChI is InChI=1S/C18H23NO3S/c1-5-6-14-10-17(23-12(14)2)18(20)19-11-13-7-8-15(21-3)16(9-13)22-4/h7-10H,5-6,11H2,1-4H3,(H,19,20). The summed E-state index contributed by atoms with van der Waals surface area (Å²) >= 11 is 1.55. The molecule has 4 nitrogen and oxygen atoms in total. The fraction of sp³-hybridized carbons (Fsp3) is 0.389. The van der Waals surface area contributed by atoms with Gasteiger partial charge in [0.25, 0.3) is 5.91 Å². The molecule has 1 heterocycles. The molecule has 1 N–H and O–H groups in total. The highest BCUT2D eigenvalue weighted by Crippen LogP contribution is 2.27. The van der Waals surface area contributed by atoms with Gasteiger partial charge in [-0.05, 0) is 42.7 Å². The fourth-order valence-corrected chi connectivity index (χ4v) is 3.40. The van der Waals surface area contributed by atoms with Gasteiger partial charge >= 0.3 is 0 Å². The Kier molecular flexibility index (Phi) is 6.04. The van der Waals surface area contributed by atoms with E-state index in [2.05, 4.69) is 19.2 Å². The van der Waals surface area contributed by atoms with E-state index in [9.17, 15) is 4.79 Å². The van der Waals surface area contributed by atoms with Gasteiger partial charge in [0.15, 0.2) is 11.5 Å². The van der Waals surface area contributed by atoms with Crippen LogP contribution in [-0.4, -0.2) is 20.1 Å². The van der Waals surface area contributed by atoms with Crippen LogP contribution in [0.5, 0.6) is 11.5 Å². The molecule has 0 aliphatic heterocycles. The Morgan fingerprint density at radius 3 is 2.57 bits per heavy atom. The Morgan fingerprint density at radius 2 is 1.91 bits per heavy atom. The van der Waals surface area contributed by atoms with Gasteiger partial charge in [-0.15, -0.1) is 11.3 Å². The van der Waals surface area contributed by atoms with E-state index in [4.69, 9.17) is 9.47 Å². The zero-order valence-corrected chi connectivity index (χ0v) is 14.9. The summed E-state index contributed by atoms with van der Waals surface area (Å²) in [7, 11) is 3.20. The molecule has 0 unspecified atom stereocenters. The third kappa shape index (κ3) is 4.26. The van der Waals surface area contributed by atoms with E-state index in [-0.39, 0.29) is 5.91 Å². The highest BCUT2D eigenvalue weighted by Gasteiger charge is 2.12. The molecule has 0 atom stereocenters. The van der Waals surface area contributed by atoms with Crippen LogP contribution in [-0.2, 0) is 13.0 Å². The molecule has 0 fully saturated rings. The van der Waals surface area contributed by atoms with Crippen LogP contribution in [0.15, 0.2) is 24.3 Å². The monoisotopic (exact) mass is 333 g/mol. The molecule has 23 heavy (non-hydrogen) atoms. The van der Waals surface area contributed by atoms with E-state index in [0.29, 0.717) is 18.0 Å². The van der Waals surface area contributed by atoms with E-state index < -0.39 is 0 Å². The molecule has 0 aliphatic rings. The number of carbonyl (C=O) groups excluding carboxylic acids is 1. The van der Waals surface area contributed by atoms with Crippen LogP contribution in [0.3, 0.4) is 0 Å². The van der Waals surface area contributed by atoms with Crippen molar-refractivity contribution in [3.63, 3.8) is 0 Å². The number of ether oxygens (including phenoxy) is 2. The van der Waals surface area contributed by atoms with Gasteiger partial charge in [0.2, 0.25) is 0 Å². The topological polar surface area (TPSA) is 47.6 Å². The number of carbonyl (C=O) groups is 1. The number of nitrogens with one attached hydrogen (secondary N) is 1. The molecular weight excluding hydrogens is 310 g/mol. The second kappa shape index (κ2) is 8.02. The second-order valence-corrected chi connectivity index (χ2v) is 6.57. The Bertz CT molecular complexity index is 679. The van der Waals surface area contributed by atoms with E-state index in [1.165, 1.54) is 10.4 Å². The predicted octanol–water partition coefficient (Wildman–Crippen LogP) is 3.96. The molecule has 0 saturated carbocycles. The third-order valence-electron chi connectivity index (χ3n) is 3.66. The molecule has 0 radical (unpaired) electrons. The second-order valence-electron chi connectivity index (χ2n) is 5.31. The van der Waals surface area contributed by atoms with E-state index in [1.54, 1.807) is 25.6 Å². The molecule has 0 spiro atoms. The quantitative estimate of drug-likeness (QED) is 0.834. The molecule has 5 heteroatoms. The first kappa shape index (κ1) is 17.3. The van der Waals surface area contributed by atoms with Crippen LogP contribution >= 0.6 is 11.3 Å². The van der Waals surface area contributed by atoms with Crippen molar-refractivity contribution >= 4 is 17.2 Å². The van der Waals surface area contributed by atoms with Crippen molar-refractivity contribution in [2.24, 2.45) is 0 Å². The van der Waals surface area contributed by atoms with Gasteiger partial charge < -0.3 is 14.8 Å². The van der Waals surface area contributed by atoms with Crippen LogP contribution in [0.2, 0.25) is 0 Å². The van der Waals surface area contributed by atoms with Gasteiger partial charge in [0, 0.05) is 11.4 Å². The highest BCUT2D eigenvalue weighted by atomic mass is 32.1. The third-order valence-corrected chi connectivity index (χ3v) is 4.76. The summed E-state index contributed by atoms with van der Waals surface area (Å²) in [4.78, 5) is 14.3. The van der Waals surface area contributed by atoms with Crippen LogP contribution in [0, 0.1) is 6.92 Å². The number of hydrogen-bond donors (Lipinski definition) is 1. The van der Waals surface area contributed by atoms with Crippen molar-refractivity contribution in [2.45, 2.75) is 33.2 Å². The zero-order chi connectivity index (χ0) is 16.8. The van der Waals surface area contributed by atoms with Gasteiger partial charge in [0.05, 0.1) is 19.1 Å². The zero-order valence-electron chi connectivity index (χ0n) is 14.1. The van der Waals surface area contributed by atoms with Gasteiger partial charge in [-0.2, -0.15) is 0 Å². The maximum absolute atomic E-state index is 12.3. The number of benzene rings is 1. The summed E-state index contributed by atoms with van der Waals surface area (Å²) in [6.45, 7) is 4.67. The molecule has 1 aromatic carbocycles. The minimum absolute atomic E-state index is 0.0322. The molecule has 0 bridgehead atoms. The minimum Gasteiger partial charge on any atom is -0.493 e. The molecule has 1 aromatic heterocycles. The van der Waals surface area contributed by atoms with Gasteiger partial charge in [-0.1, -0.05) is 19.4 Å². The minimum atomic E-state index is -0.0322. The summed E-state index contributed by atoms with van der Waals surface area (Å²) in [5.41, 5.74) is 2.24. The lowest BCUT2D eigenvalue weighted by atomic mass is 10.1. The van der Waals surface area contributed by atoms with Gasteiger partial charge in [0.1, 0.15) is 0 Å².